The lowest BCUT2D eigenvalue weighted by molar-refractivity contribution is 0.180. The second-order valence-corrected chi connectivity index (χ2v) is 9.31. The number of pyridine rings is 1. The molecule has 1 saturated heterocycles. The molecule has 0 radical (unpaired) electrons. The summed E-state index contributed by atoms with van der Waals surface area (Å²) in [5.74, 6) is 0.297. The quantitative estimate of drug-likeness (QED) is 0.608. The minimum atomic E-state index is -3.65. The van der Waals surface area contributed by atoms with Gasteiger partial charge in [-0.25, -0.2) is 13.4 Å². The first-order valence-corrected chi connectivity index (χ1v) is 10.9. The van der Waals surface area contributed by atoms with Crippen molar-refractivity contribution >= 4 is 27.3 Å². The van der Waals surface area contributed by atoms with Crippen molar-refractivity contribution in [3.8, 4) is 0 Å². The smallest absolute Gasteiger partial charge is 0.258 e. The Morgan fingerprint density at radius 2 is 1.90 bits per heavy atom. The van der Waals surface area contributed by atoms with Gasteiger partial charge in [0.25, 0.3) is 5.56 Å². The van der Waals surface area contributed by atoms with Gasteiger partial charge in [-0.3, -0.25) is 14.1 Å². The fourth-order valence-electron chi connectivity index (χ4n) is 3.54. The molecule has 0 saturated carbocycles. The number of aromatic nitrogens is 3. The molecule has 4 heterocycles. The highest BCUT2D eigenvalue weighted by Gasteiger charge is 2.33. The summed E-state index contributed by atoms with van der Waals surface area (Å²) in [5, 5.41) is 4.21. The zero-order valence-corrected chi connectivity index (χ0v) is 17.6. The Balaban J connectivity index is 1.47. The van der Waals surface area contributed by atoms with Gasteiger partial charge < -0.3 is 4.52 Å². The van der Waals surface area contributed by atoms with Crippen LogP contribution in [0, 0.1) is 13.8 Å². The summed E-state index contributed by atoms with van der Waals surface area (Å²) in [4.78, 5) is 19.1. The molecule has 0 aromatic carbocycles. The van der Waals surface area contributed by atoms with Crippen molar-refractivity contribution in [2.75, 3.05) is 26.2 Å². The normalized spacial score (nSPS) is 16.5. The second-order valence-electron chi connectivity index (χ2n) is 6.99. The third-order valence-corrected chi connectivity index (χ3v) is 7.33. The number of hydrogen-bond acceptors (Lipinski definition) is 7. The van der Waals surface area contributed by atoms with Crippen LogP contribution in [0.15, 0.2) is 38.6 Å². The summed E-state index contributed by atoms with van der Waals surface area (Å²) in [7, 11) is -3.65. The van der Waals surface area contributed by atoms with Crippen molar-refractivity contribution in [2.24, 2.45) is 0 Å². The molecule has 0 amide bonds. The summed E-state index contributed by atoms with van der Waals surface area (Å²) in [6.07, 6.45) is 1.54. The lowest BCUT2D eigenvalue weighted by Gasteiger charge is -2.33. The molecule has 0 unspecified atom stereocenters. The van der Waals surface area contributed by atoms with E-state index in [9.17, 15) is 13.2 Å². The first kappa shape index (κ1) is 20.0. The predicted molar refractivity (Wildman–Crippen MR) is 106 cm³/mol. The van der Waals surface area contributed by atoms with Gasteiger partial charge in [0.05, 0.1) is 10.7 Å². The highest BCUT2D eigenvalue weighted by molar-refractivity contribution is 7.89. The van der Waals surface area contributed by atoms with Crippen LogP contribution in [0.4, 0.5) is 0 Å². The molecular weight excluding hydrogens is 418 g/mol. The second kappa shape index (κ2) is 7.52. The summed E-state index contributed by atoms with van der Waals surface area (Å²) in [6, 6.07) is 4.86. The number of halogens is 1. The largest absolute Gasteiger partial charge is 0.360 e. The first-order chi connectivity index (χ1) is 13.8. The van der Waals surface area contributed by atoms with Crippen molar-refractivity contribution in [1.29, 1.82) is 0 Å². The molecule has 1 aliphatic heterocycles. The van der Waals surface area contributed by atoms with Crippen molar-refractivity contribution in [1.82, 2.24) is 23.7 Å². The van der Waals surface area contributed by atoms with Crippen LogP contribution >= 0.6 is 11.6 Å². The van der Waals surface area contributed by atoms with Gasteiger partial charge in [0.2, 0.25) is 10.0 Å². The molecule has 0 aliphatic carbocycles. The minimum Gasteiger partial charge on any atom is -0.360 e. The van der Waals surface area contributed by atoms with Crippen LogP contribution < -0.4 is 5.56 Å². The van der Waals surface area contributed by atoms with Crippen LogP contribution in [0.25, 0.3) is 5.65 Å². The molecule has 0 atom stereocenters. The average molecular weight is 438 g/mol. The number of piperazine rings is 1. The molecule has 9 nitrogen and oxygen atoms in total. The molecule has 0 bridgehead atoms. The summed E-state index contributed by atoms with van der Waals surface area (Å²) in [5.41, 5.74) is 1.33. The van der Waals surface area contributed by atoms with E-state index in [1.54, 1.807) is 26.0 Å². The maximum atomic E-state index is 12.9. The summed E-state index contributed by atoms with van der Waals surface area (Å²) < 4.78 is 33.7. The Morgan fingerprint density at radius 1 is 1.17 bits per heavy atom. The van der Waals surface area contributed by atoms with Gasteiger partial charge in [0.1, 0.15) is 16.2 Å². The average Bonchev–Trinajstić information content (AvgIpc) is 3.02. The SMILES string of the molecule is Cc1noc(C)c1S(=O)(=O)N1CCN(Cc2cc(=O)n3cc(Cl)ccc3n2)CC1. The van der Waals surface area contributed by atoms with Crippen LogP contribution in [0.3, 0.4) is 0 Å². The van der Waals surface area contributed by atoms with Crippen molar-refractivity contribution < 1.29 is 12.9 Å². The fourth-order valence-corrected chi connectivity index (χ4v) is 5.41. The van der Waals surface area contributed by atoms with Gasteiger partial charge in [-0.1, -0.05) is 16.8 Å². The van der Waals surface area contributed by atoms with Crippen LogP contribution in [0.2, 0.25) is 5.02 Å². The van der Waals surface area contributed by atoms with Gasteiger partial charge in [-0.2, -0.15) is 4.31 Å². The summed E-state index contributed by atoms with van der Waals surface area (Å²) >= 11 is 5.93. The number of nitrogens with zero attached hydrogens (tertiary/aromatic N) is 5. The van der Waals surface area contributed by atoms with Crippen LogP contribution in [-0.2, 0) is 16.6 Å². The Bertz CT molecular complexity index is 1210. The number of sulfonamides is 1. The van der Waals surface area contributed by atoms with Crippen LogP contribution in [0.1, 0.15) is 17.1 Å². The van der Waals surface area contributed by atoms with Crippen LogP contribution in [0.5, 0.6) is 0 Å². The van der Waals surface area contributed by atoms with Crippen molar-refractivity contribution in [3.63, 3.8) is 0 Å². The molecule has 11 heteroatoms. The predicted octanol–water partition coefficient (Wildman–Crippen LogP) is 1.46. The highest BCUT2D eigenvalue weighted by atomic mass is 35.5. The summed E-state index contributed by atoms with van der Waals surface area (Å²) in [6.45, 7) is 5.43. The number of hydrogen-bond donors (Lipinski definition) is 0. The molecular formula is C18H20ClN5O4S. The van der Waals surface area contributed by atoms with E-state index in [1.807, 2.05) is 0 Å². The van der Waals surface area contributed by atoms with E-state index in [-0.39, 0.29) is 10.5 Å². The third-order valence-electron chi connectivity index (χ3n) is 4.96. The number of rotatable bonds is 4. The fraction of sp³-hybridized carbons (Fsp3) is 0.389. The zero-order valence-electron chi connectivity index (χ0n) is 16.0. The Kier molecular flexibility index (Phi) is 5.19. The zero-order chi connectivity index (χ0) is 20.8. The monoisotopic (exact) mass is 437 g/mol. The molecule has 1 aliphatic rings. The van der Waals surface area contributed by atoms with E-state index in [2.05, 4.69) is 15.0 Å². The molecule has 154 valence electrons. The van der Waals surface area contributed by atoms with Gasteiger partial charge >= 0.3 is 0 Å². The first-order valence-electron chi connectivity index (χ1n) is 9.09. The standard InChI is InChI=1S/C18H20ClN5O4S/c1-12-18(13(2)28-21-12)29(26,27)23-7-5-22(6-8-23)11-15-9-17(25)24-10-14(19)3-4-16(24)20-15/h3-4,9-10H,5-8,11H2,1-2H3. The van der Waals surface area contributed by atoms with E-state index >= 15 is 0 Å². The van der Waals surface area contributed by atoms with Crippen molar-refractivity contribution in [3.05, 3.63) is 56.9 Å². The van der Waals surface area contributed by atoms with E-state index in [0.717, 1.165) is 0 Å². The maximum absolute atomic E-state index is 12.9. The van der Waals surface area contributed by atoms with E-state index in [1.165, 1.54) is 21.0 Å². The maximum Gasteiger partial charge on any atom is 0.258 e. The minimum absolute atomic E-state index is 0.147. The van der Waals surface area contributed by atoms with E-state index < -0.39 is 10.0 Å². The third kappa shape index (κ3) is 3.80. The molecule has 3 aromatic rings. The van der Waals surface area contributed by atoms with Gasteiger partial charge in [-0.05, 0) is 26.0 Å². The molecule has 29 heavy (non-hydrogen) atoms. The van der Waals surface area contributed by atoms with Gasteiger partial charge in [-0.15, -0.1) is 0 Å². The number of aryl methyl sites for hydroxylation is 2. The van der Waals surface area contributed by atoms with E-state index in [4.69, 9.17) is 16.1 Å². The molecule has 3 aromatic heterocycles. The topological polar surface area (TPSA) is 101 Å². The van der Waals surface area contributed by atoms with Crippen LogP contribution in [-0.4, -0.2) is 58.3 Å². The van der Waals surface area contributed by atoms with E-state index in [0.29, 0.717) is 60.5 Å². The molecule has 1 fully saturated rings. The Morgan fingerprint density at radius 3 is 2.55 bits per heavy atom. The Labute approximate surface area is 172 Å². The van der Waals surface area contributed by atoms with Gasteiger partial charge in [0, 0.05) is 45.0 Å². The highest BCUT2D eigenvalue weighted by Crippen LogP contribution is 2.24. The molecule has 4 rings (SSSR count). The number of fused-ring (bicyclic) bond motifs is 1. The van der Waals surface area contributed by atoms with Crippen molar-refractivity contribution in [2.45, 2.75) is 25.3 Å². The lowest BCUT2D eigenvalue weighted by Crippen LogP contribution is -2.48. The lowest BCUT2D eigenvalue weighted by atomic mass is 10.3. The Hall–Kier alpha value is -2.27. The molecule has 0 spiro atoms. The van der Waals surface area contributed by atoms with Gasteiger partial charge in [0.15, 0.2) is 5.76 Å². The molecule has 0 N–H and O–H groups in total.